The van der Waals surface area contributed by atoms with E-state index in [2.05, 4.69) is 11.1 Å². The Balaban J connectivity index is 1.88. The maximum Gasteiger partial charge on any atom is 0.306 e. The van der Waals surface area contributed by atoms with E-state index in [4.69, 9.17) is 9.47 Å². The third-order valence-electron chi connectivity index (χ3n) is 5.96. The van der Waals surface area contributed by atoms with Crippen molar-refractivity contribution in [3.8, 4) is 11.8 Å². The molecule has 2 aliphatic rings. The van der Waals surface area contributed by atoms with Gasteiger partial charge in [-0.2, -0.15) is 5.26 Å². The fraction of sp³-hybridized carbons (Fsp3) is 0.545. The van der Waals surface area contributed by atoms with Crippen molar-refractivity contribution in [2.45, 2.75) is 58.0 Å². The number of rotatable bonds is 7. The van der Waals surface area contributed by atoms with Crippen LogP contribution in [0.5, 0.6) is 5.75 Å². The molecule has 148 valence electrons. The highest BCUT2D eigenvalue weighted by atomic mass is 16.5. The first-order valence-corrected chi connectivity index (χ1v) is 10.1. The zero-order valence-corrected chi connectivity index (χ0v) is 16.4. The molecule has 2 aromatic rings. The number of aliphatic carboxylic acids is 1. The molecule has 2 heterocycles. The highest BCUT2D eigenvalue weighted by molar-refractivity contribution is 5.94. The van der Waals surface area contributed by atoms with Gasteiger partial charge in [-0.15, -0.1) is 0 Å². The van der Waals surface area contributed by atoms with E-state index in [1.54, 1.807) is 0 Å². The Bertz CT molecular complexity index is 967. The molecule has 1 aromatic heterocycles. The van der Waals surface area contributed by atoms with Gasteiger partial charge in [-0.05, 0) is 50.2 Å². The zero-order chi connectivity index (χ0) is 19.9. The number of aromatic amines is 1. The second-order valence-corrected chi connectivity index (χ2v) is 8.06. The zero-order valence-electron chi connectivity index (χ0n) is 16.4. The molecule has 2 N–H and O–H groups in total. The summed E-state index contributed by atoms with van der Waals surface area (Å²) >= 11 is 0. The molecule has 0 saturated heterocycles. The number of aromatic nitrogens is 1. The summed E-state index contributed by atoms with van der Waals surface area (Å²) in [5.74, 6) is 0.471. The SMILES string of the molecule is CCCC1(CC(=O)O)OCCc2c1[nH]c1c(C)c(OCC3CC3)cc(C#N)c21. The van der Waals surface area contributed by atoms with Gasteiger partial charge in [0.15, 0.2) is 0 Å². The molecule has 1 saturated carbocycles. The average molecular weight is 382 g/mol. The van der Waals surface area contributed by atoms with Gasteiger partial charge in [0.2, 0.25) is 0 Å². The second kappa shape index (κ2) is 7.14. The van der Waals surface area contributed by atoms with Crippen LogP contribution in [0.4, 0.5) is 0 Å². The molecule has 6 heteroatoms. The first-order chi connectivity index (χ1) is 13.5. The quantitative estimate of drug-likeness (QED) is 0.749. The van der Waals surface area contributed by atoms with Crippen LogP contribution in [0.1, 0.15) is 61.4 Å². The lowest BCUT2D eigenvalue weighted by molar-refractivity contribution is -0.149. The Labute approximate surface area is 164 Å². The smallest absolute Gasteiger partial charge is 0.306 e. The normalized spacial score (nSPS) is 21.3. The highest BCUT2D eigenvalue weighted by Gasteiger charge is 2.42. The number of carbonyl (C=O) groups is 1. The molecular weight excluding hydrogens is 356 g/mol. The molecule has 0 spiro atoms. The minimum absolute atomic E-state index is 0.0906. The van der Waals surface area contributed by atoms with Gasteiger partial charge in [-0.25, -0.2) is 0 Å². The summed E-state index contributed by atoms with van der Waals surface area (Å²) in [6.45, 7) is 5.16. The van der Waals surface area contributed by atoms with Crippen LogP contribution in [0.2, 0.25) is 0 Å². The van der Waals surface area contributed by atoms with Crippen molar-refractivity contribution in [1.29, 1.82) is 5.26 Å². The molecule has 6 nitrogen and oxygen atoms in total. The van der Waals surface area contributed by atoms with Crippen LogP contribution in [-0.2, 0) is 21.6 Å². The van der Waals surface area contributed by atoms with Gasteiger partial charge in [-0.1, -0.05) is 13.3 Å². The Morgan fingerprint density at radius 1 is 1.50 bits per heavy atom. The molecule has 1 atom stereocenters. The van der Waals surface area contributed by atoms with Crippen molar-refractivity contribution in [2.75, 3.05) is 13.2 Å². The molecule has 0 amide bonds. The predicted octanol–water partition coefficient (Wildman–Crippen LogP) is 4.18. The Morgan fingerprint density at radius 2 is 2.29 bits per heavy atom. The number of aryl methyl sites for hydroxylation is 1. The van der Waals surface area contributed by atoms with Gasteiger partial charge in [0.1, 0.15) is 11.4 Å². The van der Waals surface area contributed by atoms with Crippen LogP contribution in [0.3, 0.4) is 0 Å². The fourth-order valence-corrected chi connectivity index (χ4v) is 4.41. The number of hydrogen-bond donors (Lipinski definition) is 2. The first kappa shape index (κ1) is 18.8. The number of benzene rings is 1. The number of hydrogen-bond acceptors (Lipinski definition) is 4. The Hall–Kier alpha value is -2.52. The standard InChI is InChI=1S/C22H26N2O4/c1-3-7-22(10-18(25)26)21-16(6-8-28-22)19-15(11-23)9-17(13(2)20(19)24-21)27-12-14-4-5-14/h9,14,24H,3-8,10,12H2,1-2H3,(H,25,26). The van der Waals surface area contributed by atoms with Crippen LogP contribution in [0.15, 0.2) is 6.07 Å². The monoisotopic (exact) mass is 382 g/mol. The van der Waals surface area contributed by atoms with Crippen molar-refractivity contribution >= 4 is 16.9 Å². The minimum Gasteiger partial charge on any atom is -0.493 e. The van der Waals surface area contributed by atoms with Gasteiger partial charge in [-0.3, -0.25) is 4.79 Å². The number of ether oxygens (including phenoxy) is 2. The molecule has 1 unspecified atom stereocenters. The van der Waals surface area contributed by atoms with E-state index in [1.165, 1.54) is 12.8 Å². The summed E-state index contributed by atoms with van der Waals surface area (Å²) in [5.41, 5.74) is 3.37. The summed E-state index contributed by atoms with van der Waals surface area (Å²) in [4.78, 5) is 15.1. The predicted molar refractivity (Wildman–Crippen MR) is 104 cm³/mol. The summed E-state index contributed by atoms with van der Waals surface area (Å²) in [7, 11) is 0. The lowest BCUT2D eigenvalue weighted by Crippen LogP contribution is -2.37. The molecule has 1 aromatic carbocycles. The highest BCUT2D eigenvalue weighted by Crippen LogP contribution is 2.45. The van der Waals surface area contributed by atoms with Crippen LogP contribution in [-0.4, -0.2) is 29.3 Å². The van der Waals surface area contributed by atoms with E-state index in [0.29, 0.717) is 37.5 Å². The van der Waals surface area contributed by atoms with Crippen molar-refractivity contribution in [3.63, 3.8) is 0 Å². The number of H-pyrrole nitrogens is 1. The molecule has 0 radical (unpaired) electrons. The fourth-order valence-electron chi connectivity index (χ4n) is 4.41. The third-order valence-corrected chi connectivity index (χ3v) is 5.96. The van der Waals surface area contributed by atoms with E-state index in [-0.39, 0.29) is 6.42 Å². The molecule has 0 bridgehead atoms. The van der Waals surface area contributed by atoms with E-state index >= 15 is 0 Å². The maximum atomic E-state index is 11.6. The van der Waals surface area contributed by atoms with Crippen LogP contribution < -0.4 is 4.74 Å². The van der Waals surface area contributed by atoms with Crippen molar-refractivity contribution < 1.29 is 19.4 Å². The van der Waals surface area contributed by atoms with Gasteiger partial charge < -0.3 is 19.6 Å². The molecular formula is C22H26N2O4. The van der Waals surface area contributed by atoms with Crippen LogP contribution >= 0.6 is 0 Å². The summed E-state index contributed by atoms with van der Waals surface area (Å²) in [6.07, 6.45) is 4.40. The molecule has 28 heavy (non-hydrogen) atoms. The van der Waals surface area contributed by atoms with Crippen molar-refractivity contribution in [2.24, 2.45) is 5.92 Å². The number of nitrogens with one attached hydrogen (secondary N) is 1. The van der Waals surface area contributed by atoms with Crippen LogP contribution in [0.25, 0.3) is 10.9 Å². The van der Waals surface area contributed by atoms with Crippen molar-refractivity contribution in [3.05, 3.63) is 28.5 Å². The van der Waals surface area contributed by atoms with E-state index in [0.717, 1.165) is 39.9 Å². The topological polar surface area (TPSA) is 95.3 Å². The lowest BCUT2D eigenvalue weighted by atomic mass is 9.84. The Kier molecular flexibility index (Phi) is 4.80. The van der Waals surface area contributed by atoms with Gasteiger partial charge in [0.25, 0.3) is 0 Å². The molecule has 4 rings (SSSR count). The summed E-state index contributed by atoms with van der Waals surface area (Å²) in [5, 5.41) is 20.2. The third kappa shape index (κ3) is 3.14. The second-order valence-electron chi connectivity index (χ2n) is 8.06. The lowest BCUT2D eigenvalue weighted by Gasteiger charge is -2.36. The molecule has 1 fully saturated rings. The average Bonchev–Trinajstić information content (AvgIpc) is 3.40. The van der Waals surface area contributed by atoms with E-state index in [9.17, 15) is 15.2 Å². The summed E-state index contributed by atoms with van der Waals surface area (Å²) in [6, 6.07) is 4.16. The maximum absolute atomic E-state index is 11.6. The summed E-state index contributed by atoms with van der Waals surface area (Å²) < 4.78 is 12.1. The molecule has 1 aliphatic carbocycles. The van der Waals surface area contributed by atoms with Gasteiger partial charge >= 0.3 is 5.97 Å². The van der Waals surface area contributed by atoms with E-state index in [1.807, 2.05) is 19.9 Å². The number of nitriles is 1. The van der Waals surface area contributed by atoms with Crippen molar-refractivity contribution in [1.82, 2.24) is 4.98 Å². The number of carboxylic acids is 1. The minimum atomic E-state index is -0.884. The van der Waals surface area contributed by atoms with Crippen LogP contribution in [0, 0.1) is 24.2 Å². The number of fused-ring (bicyclic) bond motifs is 3. The number of nitrogens with zero attached hydrogens (tertiary/aromatic N) is 1. The first-order valence-electron chi connectivity index (χ1n) is 10.1. The van der Waals surface area contributed by atoms with Gasteiger partial charge in [0, 0.05) is 10.9 Å². The van der Waals surface area contributed by atoms with E-state index < -0.39 is 11.6 Å². The molecule has 1 aliphatic heterocycles. The number of carboxylic acid groups (broad SMARTS) is 1. The van der Waals surface area contributed by atoms with Gasteiger partial charge in [0.05, 0.1) is 42.5 Å². The largest absolute Gasteiger partial charge is 0.493 e. The Morgan fingerprint density at radius 3 is 2.93 bits per heavy atom.